The number of benzene rings is 1. The van der Waals surface area contributed by atoms with Crippen LogP contribution in [0.2, 0.25) is 25.7 Å². The molecule has 0 unspecified atom stereocenters. The number of aromatic nitrogens is 2. The summed E-state index contributed by atoms with van der Waals surface area (Å²) in [7, 11) is -1.28. The number of amides is 2. The lowest BCUT2D eigenvalue weighted by atomic mass is 10.1. The molecule has 0 bridgehead atoms. The minimum Gasteiger partial charge on any atom is -0.450 e. The van der Waals surface area contributed by atoms with E-state index in [2.05, 4.69) is 40.1 Å². The smallest absolute Gasteiger partial charge is 0.410 e. The van der Waals surface area contributed by atoms with Gasteiger partial charge in [0.1, 0.15) is 6.61 Å². The molecule has 1 aliphatic rings. The Balaban J connectivity index is 1.57. The number of nitrogens with one attached hydrogen (secondary N) is 1. The largest absolute Gasteiger partial charge is 0.450 e. The molecule has 0 spiro atoms. The van der Waals surface area contributed by atoms with Gasteiger partial charge in [0.2, 0.25) is 0 Å². The Morgan fingerprint density at radius 1 is 1.09 bits per heavy atom. The van der Waals surface area contributed by atoms with Crippen LogP contribution in [-0.4, -0.2) is 74.2 Å². The van der Waals surface area contributed by atoms with Crippen molar-refractivity contribution in [2.24, 2.45) is 0 Å². The number of carbonyl (C=O) groups is 2. The molecule has 0 aliphatic carbocycles. The van der Waals surface area contributed by atoms with Crippen LogP contribution in [0.1, 0.15) is 5.56 Å². The van der Waals surface area contributed by atoms with Crippen LogP contribution in [0.25, 0.3) is 0 Å². The molecule has 0 radical (unpaired) electrons. The number of rotatable bonds is 8. The number of ether oxygens (including phenoxy) is 2. The Morgan fingerprint density at radius 3 is 2.58 bits per heavy atom. The molecule has 2 aromatic rings. The summed E-state index contributed by atoms with van der Waals surface area (Å²) in [4.78, 5) is 28.6. The first kappa shape index (κ1) is 24.5. The summed E-state index contributed by atoms with van der Waals surface area (Å²) in [5.74, 6) is 0.703. The lowest BCUT2D eigenvalue weighted by molar-refractivity contribution is 0.0885. The highest BCUT2D eigenvalue weighted by atomic mass is 28.3. The molecule has 10 heteroatoms. The van der Waals surface area contributed by atoms with E-state index in [0.717, 1.165) is 11.6 Å². The monoisotopic (exact) mass is 471 g/mol. The van der Waals surface area contributed by atoms with Crippen LogP contribution in [0.15, 0.2) is 48.7 Å². The second-order valence-electron chi connectivity index (χ2n) is 9.24. The van der Waals surface area contributed by atoms with E-state index in [0.29, 0.717) is 38.6 Å². The molecule has 1 N–H and O–H groups in total. The van der Waals surface area contributed by atoms with Crippen molar-refractivity contribution in [1.29, 1.82) is 0 Å². The number of carbonyl (C=O) groups excluding carboxylic acids is 2. The number of hydrogen-bond donors (Lipinski definition) is 1. The van der Waals surface area contributed by atoms with Crippen LogP contribution in [-0.2, 0) is 16.1 Å². The summed E-state index contributed by atoms with van der Waals surface area (Å²) in [6.07, 6.45) is 0.792. The first-order valence-electron chi connectivity index (χ1n) is 11.2. The molecule has 33 heavy (non-hydrogen) atoms. The third-order valence-corrected chi connectivity index (χ3v) is 7.07. The topological polar surface area (TPSA) is 96.9 Å². The zero-order valence-electron chi connectivity index (χ0n) is 19.6. The van der Waals surface area contributed by atoms with E-state index in [4.69, 9.17) is 9.47 Å². The Hall–Kier alpha value is -3.14. The number of anilines is 1. The van der Waals surface area contributed by atoms with Crippen LogP contribution in [0, 0.1) is 0 Å². The Morgan fingerprint density at radius 2 is 1.88 bits per heavy atom. The summed E-state index contributed by atoms with van der Waals surface area (Å²) in [5.41, 5.74) is 0.934. The van der Waals surface area contributed by atoms with Gasteiger partial charge in [-0.1, -0.05) is 50.0 Å². The van der Waals surface area contributed by atoms with Crippen molar-refractivity contribution in [1.82, 2.24) is 20.4 Å². The molecular weight excluding hydrogens is 438 g/mol. The maximum absolute atomic E-state index is 12.7. The first-order chi connectivity index (χ1) is 15.8. The second kappa shape index (κ2) is 11.6. The summed E-state index contributed by atoms with van der Waals surface area (Å²) in [6, 6.07) is 14.0. The number of hydrogen-bond acceptors (Lipinski definition) is 7. The Kier molecular flexibility index (Phi) is 8.64. The van der Waals surface area contributed by atoms with Gasteiger partial charge in [0.15, 0.2) is 5.82 Å². The standard InChI is InChI=1S/C23H33N5O4Si/c1-33(2,3)15-14-31-22(29)24-16-20-17-27(12-13-28(20)21-10-7-11-25-26-21)23(30)32-18-19-8-5-4-6-9-19/h4-11,20H,12-18H2,1-3H3,(H,24,29)/t20-/m0/s1. The zero-order chi connectivity index (χ0) is 23.7. The third-order valence-electron chi connectivity index (χ3n) is 5.37. The van der Waals surface area contributed by atoms with E-state index in [1.165, 1.54) is 0 Å². The van der Waals surface area contributed by atoms with Gasteiger partial charge < -0.3 is 24.6 Å². The van der Waals surface area contributed by atoms with Gasteiger partial charge in [0, 0.05) is 40.4 Å². The highest BCUT2D eigenvalue weighted by Gasteiger charge is 2.31. The van der Waals surface area contributed by atoms with Crippen molar-refractivity contribution in [3.63, 3.8) is 0 Å². The van der Waals surface area contributed by atoms with Crippen molar-refractivity contribution in [3.05, 3.63) is 54.2 Å². The number of piperazine rings is 1. The first-order valence-corrected chi connectivity index (χ1v) is 14.9. The summed E-state index contributed by atoms with van der Waals surface area (Å²) < 4.78 is 10.8. The molecule has 1 saturated heterocycles. The van der Waals surface area contributed by atoms with Gasteiger partial charge in [-0.25, -0.2) is 9.59 Å². The van der Waals surface area contributed by atoms with Gasteiger partial charge in [-0.15, -0.1) is 5.10 Å². The van der Waals surface area contributed by atoms with Crippen molar-refractivity contribution in [3.8, 4) is 0 Å². The van der Waals surface area contributed by atoms with Crippen molar-refractivity contribution >= 4 is 26.1 Å². The van der Waals surface area contributed by atoms with Gasteiger partial charge in [-0.2, -0.15) is 5.10 Å². The Bertz CT molecular complexity index is 895. The van der Waals surface area contributed by atoms with Crippen molar-refractivity contribution in [2.45, 2.75) is 38.3 Å². The van der Waals surface area contributed by atoms with Crippen LogP contribution in [0.5, 0.6) is 0 Å². The molecule has 178 valence electrons. The highest BCUT2D eigenvalue weighted by molar-refractivity contribution is 6.76. The SMILES string of the molecule is C[Si](C)(C)CCOC(=O)NC[C@H]1CN(C(=O)OCc2ccccc2)CCN1c1cccnn1. The van der Waals surface area contributed by atoms with Crippen LogP contribution >= 0.6 is 0 Å². The van der Waals surface area contributed by atoms with Gasteiger partial charge in [0.05, 0.1) is 12.6 Å². The lowest BCUT2D eigenvalue weighted by Crippen LogP contribution is -2.58. The van der Waals surface area contributed by atoms with Gasteiger partial charge in [0.25, 0.3) is 0 Å². The molecule has 2 amide bonds. The fourth-order valence-corrected chi connectivity index (χ4v) is 4.17. The molecule has 0 saturated carbocycles. The quantitative estimate of drug-likeness (QED) is 0.590. The highest BCUT2D eigenvalue weighted by Crippen LogP contribution is 2.18. The van der Waals surface area contributed by atoms with Gasteiger partial charge >= 0.3 is 12.2 Å². The molecular formula is C23H33N5O4Si. The number of nitrogens with zero attached hydrogens (tertiary/aromatic N) is 4. The molecule has 9 nitrogen and oxygen atoms in total. The lowest BCUT2D eigenvalue weighted by Gasteiger charge is -2.41. The van der Waals surface area contributed by atoms with E-state index >= 15 is 0 Å². The summed E-state index contributed by atoms with van der Waals surface area (Å²) in [6.45, 7) is 9.08. The average molecular weight is 472 g/mol. The average Bonchev–Trinajstić information content (AvgIpc) is 2.81. The minimum atomic E-state index is -1.28. The molecule has 1 aromatic heterocycles. The molecule has 1 aliphatic heterocycles. The zero-order valence-corrected chi connectivity index (χ0v) is 20.6. The maximum atomic E-state index is 12.7. The fourth-order valence-electron chi connectivity index (χ4n) is 3.46. The summed E-state index contributed by atoms with van der Waals surface area (Å²) >= 11 is 0. The van der Waals surface area contributed by atoms with Crippen molar-refractivity contribution in [2.75, 3.05) is 37.7 Å². The van der Waals surface area contributed by atoms with E-state index in [1.54, 1.807) is 11.1 Å². The maximum Gasteiger partial charge on any atom is 0.410 e. The summed E-state index contributed by atoms with van der Waals surface area (Å²) in [5, 5.41) is 11.0. The molecule has 1 aromatic carbocycles. The normalized spacial score (nSPS) is 16.3. The molecule has 2 heterocycles. The van der Waals surface area contributed by atoms with Crippen molar-refractivity contribution < 1.29 is 19.1 Å². The fraction of sp³-hybridized carbons (Fsp3) is 0.478. The van der Waals surface area contributed by atoms with Gasteiger partial charge in [-0.05, 0) is 23.7 Å². The van der Waals surface area contributed by atoms with E-state index in [-0.39, 0.29) is 18.7 Å². The minimum absolute atomic E-state index is 0.190. The molecule has 1 atom stereocenters. The van der Waals surface area contributed by atoms with Gasteiger partial charge in [-0.3, -0.25) is 0 Å². The van der Waals surface area contributed by atoms with E-state index < -0.39 is 14.2 Å². The van der Waals surface area contributed by atoms with Crippen LogP contribution < -0.4 is 10.2 Å². The third kappa shape index (κ3) is 8.05. The predicted octanol–water partition coefficient (Wildman–Crippen LogP) is 3.37. The molecule has 3 rings (SSSR count). The van der Waals surface area contributed by atoms with Crippen LogP contribution in [0.3, 0.4) is 0 Å². The Labute approximate surface area is 196 Å². The number of alkyl carbamates (subject to hydrolysis) is 1. The predicted molar refractivity (Wildman–Crippen MR) is 129 cm³/mol. The van der Waals surface area contributed by atoms with E-state index in [1.807, 2.05) is 42.5 Å². The second-order valence-corrected chi connectivity index (χ2v) is 14.9. The van der Waals surface area contributed by atoms with Crippen LogP contribution in [0.4, 0.5) is 15.4 Å². The van der Waals surface area contributed by atoms with E-state index in [9.17, 15) is 9.59 Å². The molecule has 1 fully saturated rings.